The molecule has 5 heteroatoms. The number of hydrogen-bond acceptors (Lipinski definition) is 4. The molecule has 0 aromatic carbocycles. The zero-order valence-corrected chi connectivity index (χ0v) is 14.2. The number of carbonyl (C=O) groups is 1. The molecule has 0 spiro atoms. The van der Waals surface area contributed by atoms with Crippen LogP contribution in [0, 0.1) is 0 Å². The second kappa shape index (κ2) is 6.71. The normalized spacial score (nSPS) is 12.4. The van der Waals surface area contributed by atoms with Gasteiger partial charge in [0.05, 0.1) is 17.7 Å². The van der Waals surface area contributed by atoms with Gasteiger partial charge in [-0.05, 0) is 25.9 Å². The van der Waals surface area contributed by atoms with Crippen LogP contribution < -0.4 is 0 Å². The predicted molar refractivity (Wildman–Crippen MR) is 88.0 cm³/mol. The summed E-state index contributed by atoms with van der Waals surface area (Å²) in [6, 6.07) is 0. The van der Waals surface area contributed by atoms with Crippen molar-refractivity contribution >= 4 is 22.1 Å². The fourth-order valence-electron chi connectivity index (χ4n) is 3.29. The Labute approximate surface area is 130 Å². The van der Waals surface area contributed by atoms with Gasteiger partial charge in [0.25, 0.3) is 0 Å². The van der Waals surface area contributed by atoms with Gasteiger partial charge in [-0.1, -0.05) is 27.7 Å². The van der Waals surface area contributed by atoms with Crippen molar-refractivity contribution in [1.29, 1.82) is 0 Å². The van der Waals surface area contributed by atoms with Crippen LogP contribution in [-0.2, 0) is 11.2 Å². The van der Waals surface area contributed by atoms with E-state index in [1.165, 1.54) is 0 Å². The second-order valence-electron chi connectivity index (χ2n) is 5.34. The first-order chi connectivity index (χ1) is 10.1. The van der Waals surface area contributed by atoms with Crippen molar-refractivity contribution in [2.24, 2.45) is 0 Å². The topological polar surface area (TPSA) is 37.6 Å². The highest BCUT2D eigenvalue weighted by Gasteiger charge is 2.39. The van der Waals surface area contributed by atoms with Crippen LogP contribution in [-0.4, -0.2) is 38.7 Å². The van der Waals surface area contributed by atoms with Crippen LogP contribution >= 0.6 is 11.3 Å². The van der Waals surface area contributed by atoms with E-state index in [9.17, 15) is 4.79 Å². The van der Waals surface area contributed by atoms with E-state index in [2.05, 4.69) is 37.6 Å². The number of rotatable bonds is 8. The summed E-state index contributed by atoms with van der Waals surface area (Å²) in [4.78, 5) is 20.8. The molecule has 0 saturated heterocycles. The molecule has 0 aliphatic heterocycles. The third kappa shape index (κ3) is 2.90. The summed E-state index contributed by atoms with van der Waals surface area (Å²) < 4.78 is 1.99. The number of nitrogens with zero attached hydrogens (tertiary/aromatic N) is 3. The largest absolute Gasteiger partial charge is 0.297 e. The molecular weight excluding hydrogens is 282 g/mol. The molecule has 0 N–H and O–H groups in total. The van der Waals surface area contributed by atoms with Crippen molar-refractivity contribution < 1.29 is 4.79 Å². The molecule has 0 bridgehead atoms. The lowest BCUT2D eigenvalue weighted by Crippen LogP contribution is -2.54. The van der Waals surface area contributed by atoms with Gasteiger partial charge in [-0.2, -0.15) is 0 Å². The van der Waals surface area contributed by atoms with Crippen molar-refractivity contribution in [3.8, 4) is 0 Å². The Bertz CT molecular complexity index is 565. The van der Waals surface area contributed by atoms with Gasteiger partial charge in [-0.25, -0.2) is 4.98 Å². The summed E-state index contributed by atoms with van der Waals surface area (Å²) in [7, 11) is 0. The Morgan fingerprint density at radius 2 is 1.95 bits per heavy atom. The first-order valence-electron chi connectivity index (χ1n) is 7.80. The van der Waals surface area contributed by atoms with E-state index in [-0.39, 0.29) is 5.54 Å². The third-order valence-corrected chi connectivity index (χ3v) is 5.31. The molecule has 0 amide bonds. The molecule has 2 aromatic rings. The lowest BCUT2D eigenvalue weighted by atomic mass is 9.83. The van der Waals surface area contributed by atoms with Crippen LogP contribution in [0.25, 0.3) is 4.96 Å². The average Bonchev–Trinajstić information content (AvgIpc) is 3.05. The van der Waals surface area contributed by atoms with Crippen LogP contribution in [0.1, 0.15) is 46.2 Å². The summed E-state index contributed by atoms with van der Waals surface area (Å²) in [6.45, 7) is 10.3. The standard InChI is InChI=1S/C16H25N3OS/c1-5-16(6-2,19(7-3)8-4)14(20)11-13-12-18-9-10-21-15(18)17-13/h9-10,12H,5-8,11H2,1-4H3. The maximum atomic E-state index is 13.0. The van der Waals surface area contributed by atoms with Crippen molar-refractivity contribution in [2.45, 2.75) is 52.5 Å². The van der Waals surface area contributed by atoms with Crippen LogP contribution in [0.5, 0.6) is 0 Å². The Morgan fingerprint density at radius 3 is 2.48 bits per heavy atom. The molecule has 0 aliphatic carbocycles. The third-order valence-electron chi connectivity index (χ3n) is 4.54. The Kier molecular flexibility index (Phi) is 5.17. The monoisotopic (exact) mass is 307 g/mol. The number of aromatic nitrogens is 2. The summed E-state index contributed by atoms with van der Waals surface area (Å²) in [5, 5.41) is 2.01. The zero-order valence-electron chi connectivity index (χ0n) is 13.4. The minimum absolute atomic E-state index is 0.293. The van der Waals surface area contributed by atoms with Crippen molar-refractivity contribution in [2.75, 3.05) is 13.1 Å². The summed E-state index contributed by atoms with van der Waals surface area (Å²) in [5.74, 6) is 0.293. The van der Waals surface area contributed by atoms with Crippen molar-refractivity contribution in [3.63, 3.8) is 0 Å². The number of imidazole rings is 1. The molecule has 0 radical (unpaired) electrons. The molecule has 0 fully saturated rings. The van der Waals surface area contributed by atoms with Gasteiger partial charge in [-0.3, -0.25) is 14.1 Å². The molecular formula is C16H25N3OS. The van der Waals surface area contributed by atoms with E-state index in [0.717, 1.165) is 36.6 Å². The minimum Gasteiger partial charge on any atom is -0.297 e. The summed E-state index contributed by atoms with van der Waals surface area (Å²) in [6.07, 6.45) is 6.09. The van der Waals surface area contributed by atoms with Crippen LogP contribution in [0.3, 0.4) is 0 Å². The number of thiazole rings is 1. The number of likely N-dealkylation sites (N-methyl/N-ethyl adjacent to an activating group) is 1. The second-order valence-corrected chi connectivity index (χ2v) is 6.21. The minimum atomic E-state index is -0.347. The highest BCUT2D eigenvalue weighted by molar-refractivity contribution is 7.15. The van der Waals surface area contributed by atoms with E-state index in [1.807, 2.05) is 22.2 Å². The first-order valence-corrected chi connectivity index (χ1v) is 8.68. The summed E-state index contributed by atoms with van der Waals surface area (Å²) in [5.41, 5.74) is 0.533. The summed E-state index contributed by atoms with van der Waals surface area (Å²) >= 11 is 1.60. The smallest absolute Gasteiger partial charge is 0.193 e. The van der Waals surface area contributed by atoms with Crippen LogP contribution in [0.4, 0.5) is 0 Å². The lowest BCUT2D eigenvalue weighted by molar-refractivity contribution is -0.131. The lowest BCUT2D eigenvalue weighted by Gasteiger charge is -2.41. The Balaban J connectivity index is 2.23. The molecule has 2 rings (SSSR count). The molecule has 116 valence electrons. The molecule has 0 saturated carbocycles. The molecule has 0 atom stereocenters. The van der Waals surface area contributed by atoms with Crippen molar-refractivity contribution in [1.82, 2.24) is 14.3 Å². The van der Waals surface area contributed by atoms with E-state index in [1.54, 1.807) is 11.3 Å². The quantitative estimate of drug-likeness (QED) is 0.750. The van der Waals surface area contributed by atoms with Gasteiger partial charge in [0, 0.05) is 17.8 Å². The van der Waals surface area contributed by atoms with Gasteiger partial charge >= 0.3 is 0 Å². The van der Waals surface area contributed by atoms with Gasteiger partial charge in [0.15, 0.2) is 10.7 Å². The zero-order chi connectivity index (χ0) is 15.5. The van der Waals surface area contributed by atoms with E-state index in [0.29, 0.717) is 12.2 Å². The van der Waals surface area contributed by atoms with Gasteiger partial charge in [0.1, 0.15) is 0 Å². The maximum Gasteiger partial charge on any atom is 0.193 e. The molecule has 0 unspecified atom stereocenters. The maximum absolute atomic E-state index is 13.0. The van der Waals surface area contributed by atoms with E-state index in [4.69, 9.17) is 0 Å². The van der Waals surface area contributed by atoms with Gasteiger partial charge in [0.2, 0.25) is 0 Å². The van der Waals surface area contributed by atoms with E-state index < -0.39 is 0 Å². The number of ketones is 1. The molecule has 0 aliphatic rings. The number of hydrogen-bond donors (Lipinski definition) is 0. The van der Waals surface area contributed by atoms with Crippen LogP contribution in [0.15, 0.2) is 17.8 Å². The fourth-order valence-corrected chi connectivity index (χ4v) is 4.01. The average molecular weight is 307 g/mol. The molecule has 2 aromatic heterocycles. The first kappa shape index (κ1) is 16.2. The molecule has 21 heavy (non-hydrogen) atoms. The highest BCUT2D eigenvalue weighted by atomic mass is 32.1. The van der Waals surface area contributed by atoms with Crippen LogP contribution in [0.2, 0.25) is 0 Å². The Hall–Kier alpha value is -1.20. The number of fused-ring (bicyclic) bond motifs is 1. The molecule has 2 heterocycles. The van der Waals surface area contributed by atoms with E-state index >= 15 is 0 Å². The Morgan fingerprint density at radius 1 is 1.29 bits per heavy atom. The molecule has 4 nitrogen and oxygen atoms in total. The fraction of sp³-hybridized carbons (Fsp3) is 0.625. The van der Waals surface area contributed by atoms with Gasteiger partial charge in [-0.15, -0.1) is 11.3 Å². The van der Waals surface area contributed by atoms with Gasteiger partial charge < -0.3 is 0 Å². The SMILES string of the molecule is CCN(CC)C(CC)(CC)C(=O)Cc1cn2ccsc2n1. The van der Waals surface area contributed by atoms with Crippen molar-refractivity contribution in [3.05, 3.63) is 23.5 Å². The number of Topliss-reactive ketones (excluding diaryl/α,β-unsaturated/α-hetero) is 1. The number of carbonyl (C=O) groups excluding carboxylic acids is 1. The highest BCUT2D eigenvalue weighted by Crippen LogP contribution is 2.27. The predicted octanol–water partition coefficient (Wildman–Crippen LogP) is 3.41.